The van der Waals surface area contributed by atoms with Crippen molar-refractivity contribution in [2.24, 2.45) is 0 Å². The van der Waals surface area contributed by atoms with Gasteiger partial charge in [-0.25, -0.2) is 0 Å². The first-order chi connectivity index (χ1) is 7.15. The second-order valence-corrected chi connectivity index (χ2v) is 5.71. The molecule has 1 aliphatic rings. The van der Waals surface area contributed by atoms with E-state index in [4.69, 9.17) is 4.74 Å². The van der Waals surface area contributed by atoms with Gasteiger partial charge in [0.1, 0.15) is 0 Å². The van der Waals surface area contributed by atoms with Crippen molar-refractivity contribution in [3.8, 4) is 0 Å². The summed E-state index contributed by atoms with van der Waals surface area (Å²) in [6.07, 6.45) is 0. The summed E-state index contributed by atoms with van der Waals surface area (Å²) in [6, 6.07) is 6.41. The van der Waals surface area contributed by atoms with E-state index in [1.165, 1.54) is 16.0 Å². The van der Waals surface area contributed by atoms with Gasteiger partial charge in [-0.3, -0.25) is 0 Å². The molecule has 1 fully saturated rings. The first kappa shape index (κ1) is 11.0. The molecule has 0 aliphatic carbocycles. The van der Waals surface area contributed by atoms with Crippen LogP contribution in [-0.4, -0.2) is 29.7 Å². The lowest BCUT2D eigenvalue weighted by atomic mass is 10.1. The fourth-order valence-corrected chi connectivity index (χ4v) is 2.83. The maximum absolute atomic E-state index is 9.34. The Labute approximate surface area is 94.6 Å². The van der Waals surface area contributed by atoms with Crippen molar-refractivity contribution in [3.63, 3.8) is 0 Å². The SMILES string of the molecule is Cc1ccc(SC2(CO)COC2)c(C)c1. The molecule has 0 unspecified atom stereocenters. The van der Waals surface area contributed by atoms with E-state index in [0.717, 1.165) is 0 Å². The number of benzene rings is 1. The Morgan fingerprint density at radius 2 is 2.13 bits per heavy atom. The number of aliphatic hydroxyl groups is 1. The van der Waals surface area contributed by atoms with E-state index in [1.807, 2.05) is 0 Å². The van der Waals surface area contributed by atoms with E-state index >= 15 is 0 Å². The molecular weight excluding hydrogens is 208 g/mol. The molecule has 82 valence electrons. The Bertz CT molecular complexity index is 353. The Morgan fingerprint density at radius 3 is 2.60 bits per heavy atom. The van der Waals surface area contributed by atoms with E-state index in [0.29, 0.717) is 13.2 Å². The van der Waals surface area contributed by atoms with Gasteiger partial charge in [-0.2, -0.15) is 0 Å². The minimum Gasteiger partial charge on any atom is -0.395 e. The molecule has 1 saturated heterocycles. The topological polar surface area (TPSA) is 29.5 Å². The third-order valence-corrected chi connectivity index (χ3v) is 4.15. The van der Waals surface area contributed by atoms with Crippen molar-refractivity contribution in [1.82, 2.24) is 0 Å². The average Bonchev–Trinajstić information content (AvgIpc) is 2.14. The molecule has 1 aliphatic heterocycles. The van der Waals surface area contributed by atoms with Crippen molar-refractivity contribution in [2.75, 3.05) is 19.8 Å². The Balaban J connectivity index is 2.16. The zero-order valence-electron chi connectivity index (χ0n) is 9.12. The average molecular weight is 224 g/mol. The number of hydrogen-bond donors (Lipinski definition) is 1. The normalized spacial score (nSPS) is 18.6. The largest absolute Gasteiger partial charge is 0.395 e. The van der Waals surface area contributed by atoms with Crippen molar-refractivity contribution in [3.05, 3.63) is 29.3 Å². The van der Waals surface area contributed by atoms with Crippen LogP contribution in [0.4, 0.5) is 0 Å². The molecule has 0 aromatic heterocycles. The molecule has 0 radical (unpaired) electrons. The van der Waals surface area contributed by atoms with Gasteiger partial charge in [0.15, 0.2) is 0 Å². The van der Waals surface area contributed by atoms with Crippen LogP contribution in [0.3, 0.4) is 0 Å². The molecule has 2 nitrogen and oxygen atoms in total. The van der Waals surface area contributed by atoms with E-state index in [9.17, 15) is 5.11 Å². The molecule has 2 rings (SSSR count). The smallest absolute Gasteiger partial charge is 0.0902 e. The number of hydrogen-bond acceptors (Lipinski definition) is 3. The predicted molar refractivity (Wildman–Crippen MR) is 62.4 cm³/mol. The molecule has 15 heavy (non-hydrogen) atoms. The van der Waals surface area contributed by atoms with Crippen LogP contribution in [0.25, 0.3) is 0 Å². The van der Waals surface area contributed by atoms with Crippen molar-refractivity contribution in [2.45, 2.75) is 23.5 Å². The summed E-state index contributed by atoms with van der Waals surface area (Å²) in [7, 11) is 0. The molecule has 0 bridgehead atoms. The molecule has 0 saturated carbocycles. The molecular formula is C12H16O2S. The highest BCUT2D eigenvalue weighted by atomic mass is 32.2. The van der Waals surface area contributed by atoms with Gasteiger partial charge in [0.2, 0.25) is 0 Å². The van der Waals surface area contributed by atoms with Gasteiger partial charge in [-0.15, -0.1) is 11.8 Å². The van der Waals surface area contributed by atoms with Crippen LogP contribution in [-0.2, 0) is 4.74 Å². The number of thioether (sulfide) groups is 1. The highest BCUT2D eigenvalue weighted by Crippen LogP contribution is 2.39. The van der Waals surface area contributed by atoms with Gasteiger partial charge in [0.25, 0.3) is 0 Å². The lowest BCUT2D eigenvalue weighted by Crippen LogP contribution is -2.49. The summed E-state index contributed by atoms with van der Waals surface area (Å²) in [4.78, 5) is 1.25. The highest BCUT2D eigenvalue weighted by Gasteiger charge is 2.39. The van der Waals surface area contributed by atoms with Crippen LogP contribution in [0.1, 0.15) is 11.1 Å². The number of ether oxygens (including phenoxy) is 1. The van der Waals surface area contributed by atoms with Gasteiger partial charge in [-0.05, 0) is 25.5 Å². The number of aliphatic hydroxyl groups excluding tert-OH is 1. The first-order valence-electron chi connectivity index (χ1n) is 5.10. The summed E-state index contributed by atoms with van der Waals surface area (Å²) < 4.78 is 5.09. The van der Waals surface area contributed by atoms with Gasteiger partial charge >= 0.3 is 0 Å². The van der Waals surface area contributed by atoms with Gasteiger partial charge < -0.3 is 9.84 Å². The zero-order chi connectivity index (χ0) is 10.9. The number of rotatable bonds is 3. The molecule has 3 heteroatoms. The Morgan fingerprint density at radius 1 is 1.40 bits per heavy atom. The maximum atomic E-state index is 9.34. The van der Waals surface area contributed by atoms with Crippen LogP contribution in [0.5, 0.6) is 0 Å². The van der Waals surface area contributed by atoms with Crippen molar-refractivity contribution < 1.29 is 9.84 Å². The van der Waals surface area contributed by atoms with Crippen molar-refractivity contribution >= 4 is 11.8 Å². The van der Waals surface area contributed by atoms with Crippen LogP contribution in [0.2, 0.25) is 0 Å². The first-order valence-corrected chi connectivity index (χ1v) is 5.92. The quantitative estimate of drug-likeness (QED) is 0.853. The number of aryl methyl sites for hydroxylation is 2. The maximum Gasteiger partial charge on any atom is 0.0902 e. The second-order valence-electron chi connectivity index (χ2n) is 4.20. The highest BCUT2D eigenvalue weighted by molar-refractivity contribution is 8.00. The van der Waals surface area contributed by atoms with Crippen LogP contribution >= 0.6 is 11.8 Å². The molecule has 1 aromatic carbocycles. The van der Waals surface area contributed by atoms with E-state index in [2.05, 4.69) is 32.0 Å². The lowest BCUT2D eigenvalue weighted by molar-refractivity contribution is -0.0318. The van der Waals surface area contributed by atoms with Gasteiger partial charge in [-0.1, -0.05) is 17.7 Å². The zero-order valence-corrected chi connectivity index (χ0v) is 9.93. The Kier molecular flexibility index (Phi) is 3.05. The van der Waals surface area contributed by atoms with Crippen LogP contribution < -0.4 is 0 Å². The summed E-state index contributed by atoms with van der Waals surface area (Å²) in [5.74, 6) is 0. The second kappa shape index (κ2) is 4.16. The standard InChI is InChI=1S/C12H16O2S/c1-9-3-4-11(10(2)5-9)15-12(6-13)7-14-8-12/h3-5,13H,6-8H2,1-2H3. The molecule has 0 atom stereocenters. The molecule has 1 N–H and O–H groups in total. The van der Waals surface area contributed by atoms with Gasteiger partial charge in [0.05, 0.1) is 24.6 Å². The minimum absolute atomic E-state index is 0.0972. The van der Waals surface area contributed by atoms with E-state index < -0.39 is 0 Å². The summed E-state index contributed by atoms with van der Waals surface area (Å²) in [5, 5.41) is 9.34. The summed E-state index contributed by atoms with van der Waals surface area (Å²) in [6.45, 7) is 5.70. The molecule has 0 spiro atoms. The monoisotopic (exact) mass is 224 g/mol. The van der Waals surface area contributed by atoms with E-state index in [-0.39, 0.29) is 11.4 Å². The third-order valence-electron chi connectivity index (χ3n) is 2.68. The van der Waals surface area contributed by atoms with Crippen LogP contribution in [0.15, 0.2) is 23.1 Å². The third kappa shape index (κ3) is 2.19. The molecule has 0 amide bonds. The van der Waals surface area contributed by atoms with E-state index in [1.54, 1.807) is 11.8 Å². The fraction of sp³-hybridized carbons (Fsp3) is 0.500. The summed E-state index contributed by atoms with van der Waals surface area (Å²) >= 11 is 1.74. The fourth-order valence-electron chi connectivity index (χ4n) is 1.66. The van der Waals surface area contributed by atoms with Crippen LogP contribution in [0, 0.1) is 13.8 Å². The Hall–Kier alpha value is -0.510. The predicted octanol–water partition coefficient (Wildman–Crippen LogP) is 2.16. The van der Waals surface area contributed by atoms with Crippen molar-refractivity contribution in [1.29, 1.82) is 0 Å². The molecule has 1 aromatic rings. The van der Waals surface area contributed by atoms with Gasteiger partial charge in [0, 0.05) is 4.90 Å². The molecule has 1 heterocycles. The lowest BCUT2D eigenvalue weighted by Gasteiger charge is -2.39. The summed E-state index contributed by atoms with van der Waals surface area (Å²) in [5.41, 5.74) is 2.56. The minimum atomic E-state index is -0.0972.